The van der Waals surface area contributed by atoms with Gasteiger partial charge in [0.25, 0.3) is 11.6 Å². The molecular weight excluding hydrogens is 316 g/mol. The van der Waals surface area contributed by atoms with Crippen molar-refractivity contribution in [1.82, 2.24) is 4.90 Å². The Morgan fingerprint density at radius 2 is 2.04 bits per heavy atom. The summed E-state index contributed by atoms with van der Waals surface area (Å²) in [5.41, 5.74) is 0.0177. The summed E-state index contributed by atoms with van der Waals surface area (Å²) in [5.74, 6) is -1.71. The predicted octanol–water partition coefficient (Wildman–Crippen LogP) is 1.82. The fourth-order valence-electron chi connectivity index (χ4n) is 2.67. The lowest BCUT2D eigenvalue weighted by Crippen LogP contribution is -2.52. The second kappa shape index (κ2) is 6.56. The Kier molecular flexibility index (Phi) is 4.88. The van der Waals surface area contributed by atoms with Gasteiger partial charge in [-0.1, -0.05) is 26.8 Å². The molecule has 0 saturated carbocycles. The number of carboxylic acid groups (broad SMARTS) is 1. The average Bonchev–Trinajstić information content (AvgIpc) is 2.52. The summed E-state index contributed by atoms with van der Waals surface area (Å²) < 4.78 is 5.10. The molecule has 130 valence electrons. The first-order valence-electron chi connectivity index (χ1n) is 7.53. The number of carbonyl (C=O) groups is 2. The van der Waals surface area contributed by atoms with E-state index in [4.69, 9.17) is 4.74 Å². The number of nitro groups is 1. The number of nitrogens with zero attached hydrogens (tertiary/aromatic N) is 2. The topological polar surface area (TPSA) is 110 Å². The molecule has 0 aromatic heterocycles. The maximum Gasteiger partial charge on any atom is 0.328 e. The maximum absolute atomic E-state index is 12.6. The third-order valence-corrected chi connectivity index (χ3v) is 3.92. The fourth-order valence-corrected chi connectivity index (χ4v) is 2.67. The Balaban J connectivity index is 2.41. The molecule has 0 radical (unpaired) electrons. The summed E-state index contributed by atoms with van der Waals surface area (Å²) in [7, 11) is 0. The molecule has 1 aliphatic rings. The second-order valence-corrected chi connectivity index (χ2v) is 6.67. The largest absolute Gasteiger partial charge is 0.480 e. The first-order valence-corrected chi connectivity index (χ1v) is 7.53. The van der Waals surface area contributed by atoms with Crippen LogP contribution in [0.1, 0.15) is 36.7 Å². The van der Waals surface area contributed by atoms with Gasteiger partial charge >= 0.3 is 5.97 Å². The molecule has 2 rings (SSSR count). The average molecular weight is 336 g/mol. The van der Waals surface area contributed by atoms with Crippen LogP contribution in [-0.2, 0) is 14.9 Å². The summed E-state index contributed by atoms with van der Waals surface area (Å²) in [5, 5.41) is 20.6. The molecule has 1 fully saturated rings. The van der Waals surface area contributed by atoms with Crippen LogP contribution in [0.4, 0.5) is 5.69 Å². The molecule has 0 aliphatic carbocycles. The first kappa shape index (κ1) is 17.9. The minimum absolute atomic E-state index is 0.0940. The smallest absolute Gasteiger partial charge is 0.328 e. The molecule has 1 aromatic carbocycles. The quantitative estimate of drug-likeness (QED) is 0.666. The number of carbonyl (C=O) groups excluding carboxylic acids is 1. The van der Waals surface area contributed by atoms with Crippen LogP contribution in [0.5, 0.6) is 0 Å². The Morgan fingerprint density at radius 1 is 1.38 bits per heavy atom. The van der Waals surface area contributed by atoms with Gasteiger partial charge in [-0.2, -0.15) is 0 Å². The minimum atomic E-state index is -1.16. The first-order chi connectivity index (χ1) is 11.1. The Hall–Kier alpha value is -2.48. The highest BCUT2D eigenvalue weighted by Gasteiger charge is 2.34. The van der Waals surface area contributed by atoms with Gasteiger partial charge in [-0.25, -0.2) is 4.79 Å². The fraction of sp³-hybridized carbons (Fsp3) is 0.500. The summed E-state index contributed by atoms with van der Waals surface area (Å²) in [6, 6.07) is 3.19. The molecule has 0 spiro atoms. The molecule has 1 unspecified atom stereocenters. The minimum Gasteiger partial charge on any atom is -0.480 e. The van der Waals surface area contributed by atoms with Crippen molar-refractivity contribution in [3.05, 3.63) is 39.4 Å². The van der Waals surface area contributed by atoms with E-state index in [9.17, 15) is 24.8 Å². The second-order valence-electron chi connectivity index (χ2n) is 6.67. The van der Waals surface area contributed by atoms with Crippen molar-refractivity contribution >= 4 is 17.6 Å². The van der Waals surface area contributed by atoms with Crippen LogP contribution in [0, 0.1) is 10.1 Å². The van der Waals surface area contributed by atoms with E-state index in [2.05, 4.69) is 0 Å². The van der Waals surface area contributed by atoms with Gasteiger partial charge in [-0.05, 0) is 11.5 Å². The van der Waals surface area contributed by atoms with Gasteiger partial charge in [-0.3, -0.25) is 14.9 Å². The number of ether oxygens (including phenoxy) is 1. The van der Waals surface area contributed by atoms with Crippen molar-refractivity contribution in [2.75, 3.05) is 19.8 Å². The number of carboxylic acids is 1. The van der Waals surface area contributed by atoms with E-state index in [1.54, 1.807) is 6.07 Å². The molecule has 1 N–H and O–H groups in total. The Labute approximate surface area is 139 Å². The molecule has 8 nitrogen and oxygen atoms in total. The van der Waals surface area contributed by atoms with Gasteiger partial charge in [0.05, 0.1) is 18.1 Å². The lowest BCUT2D eigenvalue weighted by Gasteiger charge is -2.33. The molecule has 1 heterocycles. The van der Waals surface area contributed by atoms with Crippen molar-refractivity contribution in [2.24, 2.45) is 0 Å². The van der Waals surface area contributed by atoms with Gasteiger partial charge < -0.3 is 14.7 Å². The molecule has 24 heavy (non-hydrogen) atoms. The highest BCUT2D eigenvalue weighted by molar-refractivity contribution is 5.97. The SMILES string of the molecule is CC(C)(C)c1ccc(C(=O)N2CCOCC2C(=O)O)cc1[N+](=O)[O-]. The third-order valence-electron chi connectivity index (χ3n) is 3.92. The zero-order valence-electron chi connectivity index (χ0n) is 13.8. The number of nitro benzene ring substituents is 1. The Bertz CT molecular complexity index is 680. The van der Waals surface area contributed by atoms with Crippen LogP contribution in [-0.4, -0.2) is 52.6 Å². The number of benzene rings is 1. The van der Waals surface area contributed by atoms with Gasteiger partial charge in [0.2, 0.25) is 0 Å². The maximum atomic E-state index is 12.6. The zero-order chi connectivity index (χ0) is 18.1. The van der Waals surface area contributed by atoms with Crippen LogP contribution >= 0.6 is 0 Å². The van der Waals surface area contributed by atoms with Crippen molar-refractivity contribution in [3.63, 3.8) is 0 Å². The number of aliphatic carboxylic acids is 1. The van der Waals surface area contributed by atoms with Crippen molar-refractivity contribution in [1.29, 1.82) is 0 Å². The molecule has 1 aliphatic heterocycles. The molecule has 1 atom stereocenters. The van der Waals surface area contributed by atoms with Crippen LogP contribution in [0.2, 0.25) is 0 Å². The Morgan fingerprint density at radius 3 is 2.58 bits per heavy atom. The van der Waals surface area contributed by atoms with Gasteiger partial charge in [0.15, 0.2) is 6.04 Å². The van der Waals surface area contributed by atoms with Gasteiger partial charge in [0.1, 0.15) is 0 Å². The summed E-state index contributed by atoms with van der Waals surface area (Å²) in [6.45, 7) is 5.81. The summed E-state index contributed by atoms with van der Waals surface area (Å²) in [6.07, 6.45) is 0. The van der Waals surface area contributed by atoms with E-state index in [1.165, 1.54) is 17.0 Å². The zero-order valence-corrected chi connectivity index (χ0v) is 13.8. The molecule has 8 heteroatoms. The van der Waals surface area contributed by atoms with Gasteiger partial charge in [-0.15, -0.1) is 0 Å². The molecule has 1 aromatic rings. The van der Waals surface area contributed by atoms with Crippen LogP contribution < -0.4 is 0 Å². The van der Waals surface area contributed by atoms with E-state index in [1.807, 2.05) is 20.8 Å². The number of rotatable bonds is 3. The molecule has 1 saturated heterocycles. The third kappa shape index (κ3) is 3.53. The lowest BCUT2D eigenvalue weighted by molar-refractivity contribution is -0.386. The lowest BCUT2D eigenvalue weighted by atomic mass is 9.85. The number of morpholine rings is 1. The summed E-state index contributed by atoms with van der Waals surface area (Å²) >= 11 is 0. The predicted molar refractivity (Wildman–Crippen MR) is 85.1 cm³/mol. The van der Waals surface area contributed by atoms with Crippen molar-refractivity contribution < 1.29 is 24.4 Å². The molecular formula is C16H20N2O6. The van der Waals surface area contributed by atoms with Crippen LogP contribution in [0.15, 0.2) is 18.2 Å². The molecule has 0 bridgehead atoms. The van der Waals surface area contributed by atoms with E-state index < -0.39 is 28.3 Å². The standard InChI is InChI=1S/C16H20N2O6/c1-16(2,3)11-5-4-10(8-12(11)18(22)23)14(19)17-6-7-24-9-13(17)15(20)21/h4-5,8,13H,6-7,9H2,1-3H3,(H,20,21). The summed E-state index contributed by atoms with van der Waals surface area (Å²) in [4.78, 5) is 35.9. The van der Waals surface area contributed by atoms with E-state index >= 15 is 0 Å². The number of hydrogen-bond acceptors (Lipinski definition) is 5. The van der Waals surface area contributed by atoms with Crippen molar-refractivity contribution in [2.45, 2.75) is 32.2 Å². The van der Waals surface area contributed by atoms with E-state index in [0.29, 0.717) is 5.56 Å². The van der Waals surface area contributed by atoms with E-state index in [-0.39, 0.29) is 31.0 Å². The number of amides is 1. The monoisotopic (exact) mass is 336 g/mol. The van der Waals surface area contributed by atoms with Crippen LogP contribution in [0.25, 0.3) is 0 Å². The molecule has 1 amide bonds. The normalized spacial score (nSPS) is 18.3. The number of hydrogen-bond donors (Lipinski definition) is 1. The highest BCUT2D eigenvalue weighted by Crippen LogP contribution is 2.32. The van der Waals surface area contributed by atoms with Crippen molar-refractivity contribution in [3.8, 4) is 0 Å². The van der Waals surface area contributed by atoms with Crippen LogP contribution in [0.3, 0.4) is 0 Å². The van der Waals surface area contributed by atoms with Gasteiger partial charge in [0, 0.05) is 23.7 Å². The highest BCUT2D eigenvalue weighted by atomic mass is 16.6. The van der Waals surface area contributed by atoms with E-state index in [0.717, 1.165) is 0 Å².